The Morgan fingerprint density at radius 3 is 1.67 bits per heavy atom. The highest BCUT2D eigenvalue weighted by Crippen LogP contribution is 2.05. The average Bonchev–Trinajstić information content (AvgIpc) is 1.65. The molecule has 0 nitrogen and oxygen atoms in total. The summed E-state index contributed by atoms with van der Waals surface area (Å²) in [4.78, 5) is 0. The fraction of sp³-hybridized carbons (Fsp3) is 0. The Kier molecular flexibility index (Phi) is 2.87. The lowest BCUT2D eigenvalue weighted by Crippen LogP contribution is -1.65. The SMILES string of the molecule is C=C[C](Cl)C=C. The zero-order valence-electron chi connectivity index (χ0n) is 3.45. The van der Waals surface area contributed by atoms with Crippen molar-refractivity contribution in [1.29, 1.82) is 0 Å². The van der Waals surface area contributed by atoms with Crippen molar-refractivity contribution in [2.45, 2.75) is 0 Å². The number of hydrogen-bond acceptors (Lipinski definition) is 0. The zero-order chi connectivity index (χ0) is 4.99. The zero-order valence-corrected chi connectivity index (χ0v) is 4.20. The summed E-state index contributed by atoms with van der Waals surface area (Å²) in [7, 11) is 0. The molecule has 0 aromatic heterocycles. The van der Waals surface area contributed by atoms with E-state index in [0.29, 0.717) is 5.38 Å². The predicted octanol–water partition coefficient (Wildman–Crippen LogP) is 2.13. The third-order valence-electron chi connectivity index (χ3n) is 0.390. The maximum Gasteiger partial charge on any atom is 0.106 e. The molecule has 0 aromatic carbocycles. The molecule has 0 unspecified atom stereocenters. The summed E-state index contributed by atoms with van der Waals surface area (Å²) >= 11 is 5.33. The van der Waals surface area contributed by atoms with Crippen LogP contribution in [-0.4, -0.2) is 0 Å². The molecule has 33 valence electrons. The van der Waals surface area contributed by atoms with Crippen molar-refractivity contribution >= 4 is 11.6 Å². The maximum absolute atomic E-state index is 5.33. The number of halogens is 1. The smallest absolute Gasteiger partial charge is 0.106 e. The molecule has 0 saturated carbocycles. The molecule has 0 heterocycles. The minimum Gasteiger partial charge on any atom is -0.108 e. The van der Waals surface area contributed by atoms with Gasteiger partial charge in [0.1, 0.15) is 5.38 Å². The lowest BCUT2D eigenvalue weighted by Gasteiger charge is -1.83. The van der Waals surface area contributed by atoms with E-state index in [1.54, 1.807) is 0 Å². The van der Waals surface area contributed by atoms with Gasteiger partial charge in [0.2, 0.25) is 0 Å². The van der Waals surface area contributed by atoms with Gasteiger partial charge < -0.3 is 0 Å². The van der Waals surface area contributed by atoms with Gasteiger partial charge in [0.05, 0.1) is 0 Å². The van der Waals surface area contributed by atoms with Gasteiger partial charge in [0.25, 0.3) is 0 Å². The van der Waals surface area contributed by atoms with E-state index >= 15 is 0 Å². The van der Waals surface area contributed by atoms with Crippen molar-refractivity contribution in [2.24, 2.45) is 0 Å². The summed E-state index contributed by atoms with van der Waals surface area (Å²) in [5, 5.41) is 0.593. The molecule has 0 fully saturated rings. The molecule has 0 spiro atoms. The molecule has 0 amide bonds. The van der Waals surface area contributed by atoms with Crippen LogP contribution in [0.2, 0.25) is 0 Å². The van der Waals surface area contributed by atoms with E-state index in [1.165, 1.54) is 12.2 Å². The molecular weight excluding hydrogens is 95.5 g/mol. The van der Waals surface area contributed by atoms with Gasteiger partial charge in [0, 0.05) is 0 Å². The van der Waals surface area contributed by atoms with Gasteiger partial charge in [-0.3, -0.25) is 0 Å². The van der Waals surface area contributed by atoms with Crippen molar-refractivity contribution in [3.05, 3.63) is 30.7 Å². The van der Waals surface area contributed by atoms with Gasteiger partial charge in [-0.15, -0.1) is 24.8 Å². The Morgan fingerprint density at radius 1 is 1.33 bits per heavy atom. The lowest BCUT2D eigenvalue weighted by molar-refractivity contribution is 1.70. The van der Waals surface area contributed by atoms with E-state index in [-0.39, 0.29) is 0 Å². The first kappa shape index (κ1) is 5.77. The lowest BCUT2D eigenvalue weighted by atomic mass is 10.4. The molecule has 1 heteroatoms. The van der Waals surface area contributed by atoms with Crippen molar-refractivity contribution in [2.75, 3.05) is 0 Å². The van der Waals surface area contributed by atoms with Gasteiger partial charge in [-0.1, -0.05) is 12.2 Å². The molecule has 0 aliphatic rings. The van der Waals surface area contributed by atoms with Gasteiger partial charge in [-0.2, -0.15) is 0 Å². The Labute approximate surface area is 43.1 Å². The highest BCUT2D eigenvalue weighted by Gasteiger charge is 1.84. The van der Waals surface area contributed by atoms with Crippen LogP contribution in [0.5, 0.6) is 0 Å². The number of hydrogen-bond donors (Lipinski definition) is 0. The van der Waals surface area contributed by atoms with Crippen LogP contribution >= 0.6 is 11.6 Å². The monoisotopic (exact) mass is 101 g/mol. The van der Waals surface area contributed by atoms with Crippen LogP contribution in [0.4, 0.5) is 0 Å². The second-order valence-electron chi connectivity index (χ2n) is 0.793. The average molecular weight is 102 g/mol. The largest absolute Gasteiger partial charge is 0.108 e. The van der Waals surface area contributed by atoms with Gasteiger partial charge in [-0.25, -0.2) is 0 Å². The third kappa shape index (κ3) is 2.04. The van der Waals surface area contributed by atoms with Gasteiger partial charge >= 0.3 is 0 Å². The van der Waals surface area contributed by atoms with E-state index in [9.17, 15) is 0 Å². The summed E-state index contributed by atoms with van der Waals surface area (Å²) < 4.78 is 0. The molecule has 0 aliphatic carbocycles. The van der Waals surface area contributed by atoms with Crippen molar-refractivity contribution in [3.63, 3.8) is 0 Å². The van der Waals surface area contributed by atoms with Crippen LogP contribution in [-0.2, 0) is 0 Å². The van der Waals surface area contributed by atoms with E-state index in [4.69, 9.17) is 11.6 Å². The molecule has 6 heavy (non-hydrogen) atoms. The van der Waals surface area contributed by atoms with E-state index < -0.39 is 0 Å². The highest BCUT2D eigenvalue weighted by molar-refractivity contribution is 6.29. The minimum atomic E-state index is 0.593. The summed E-state index contributed by atoms with van der Waals surface area (Å²) in [6.45, 7) is 6.78. The summed E-state index contributed by atoms with van der Waals surface area (Å²) in [5.74, 6) is 0. The van der Waals surface area contributed by atoms with Crippen LogP contribution in [0.3, 0.4) is 0 Å². The first-order chi connectivity index (χ1) is 2.81. The van der Waals surface area contributed by atoms with Gasteiger partial charge in [0.15, 0.2) is 0 Å². The van der Waals surface area contributed by atoms with E-state index in [1.807, 2.05) is 0 Å². The summed E-state index contributed by atoms with van der Waals surface area (Å²) in [6.07, 6.45) is 3.07. The molecule has 1 radical (unpaired) electrons. The maximum atomic E-state index is 5.33. The van der Waals surface area contributed by atoms with Crippen LogP contribution in [0.25, 0.3) is 0 Å². The molecular formula is C5H6Cl. The first-order valence-electron chi connectivity index (χ1n) is 1.58. The second-order valence-corrected chi connectivity index (χ2v) is 1.23. The second kappa shape index (κ2) is 2.98. The highest BCUT2D eigenvalue weighted by atomic mass is 35.5. The van der Waals surface area contributed by atoms with Crippen LogP contribution in [0, 0.1) is 5.38 Å². The number of rotatable bonds is 2. The van der Waals surface area contributed by atoms with Crippen LogP contribution < -0.4 is 0 Å². The predicted molar refractivity (Wildman–Crippen MR) is 29.5 cm³/mol. The van der Waals surface area contributed by atoms with E-state index in [0.717, 1.165) is 0 Å². The Bertz CT molecular complexity index is 49.0. The molecule has 0 aromatic rings. The Hall–Kier alpha value is -0.230. The number of allylic oxidation sites excluding steroid dienone is 2. The standard InChI is InChI=1S/C5H6Cl/c1-3-5(6)4-2/h3-4H,1-2H2. The molecule has 0 bridgehead atoms. The van der Waals surface area contributed by atoms with Crippen molar-refractivity contribution < 1.29 is 0 Å². The normalized spacial score (nSPS) is 8.33. The molecule has 0 N–H and O–H groups in total. The molecule has 0 atom stereocenters. The summed E-state index contributed by atoms with van der Waals surface area (Å²) in [5.41, 5.74) is 0. The van der Waals surface area contributed by atoms with E-state index in [2.05, 4.69) is 13.2 Å². The fourth-order valence-electron chi connectivity index (χ4n) is 0.0833. The van der Waals surface area contributed by atoms with Crippen LogP contribution in [0.15, 0.2) is 25.3 Å². The molecule has 0 saturated heterocycles. The summed E-state index contributed by atoms with van der Waals surface area (Å²) in [6, 6.07) is 0. The van der Waals surface area contributed by atoms with Crippen molar-refractivity contribution in [3.8, 4) is 0 Å². The fourth-order valence-corrected chi connectivity index (χ4v) is 0.0833. The minimum absolute atomic E-state index is 0.593. The molecule has 0 rings (SSSR count). The third-order valence-corrected chi connectivity index (χ3v) is 0.699. The first-order valence-corrected chi connectivity index (χ1v) is 1.96. The van der Waals surface area contributed by atoms with Crippen LogP contribution in [0.1, 0.15) is 0 Å². The van der Waals surface area contributed by atoms with Crippen molar-refractivity contribution in [1.82, 2.24) is 0 Å². The van der Waals surface area contributed by atoms with Gasteiger partial charge in [-0.05, 0) is 0 Å². The Morgan fingerprint density at radius 2 is 1.67 bits per heavy atom. The molecule has 0 aliphatic heterocycles. The Balaban J connectivity index is 3.21. The quantitative estimate of drug-likeness (QED) is 0.500. The topological polar surface area (TPSA) is 0 Å².